The Hall–Kier alpha value is -4.66. The summed E-state index contributed by atoms with van der Waals surface area (Å²) in [5, 5.41) is 2.91. The number of nitrogen functional groups attached to an aromatic ring is 1. The molecule has 0 unspecified atom stereocenters. The van der Waals surface area contributed by atoms with E-state index in [0.29, 0.717) is 54.0 Å². The van der Waals surface area contributed by atoms with Gasteiger partial charge >= 0.3 is 0 Å². The van der Waals surface area contributed by atoms with Gasteiger partial charge in [-0.3, -0.25) is 14.0 Å². The van der Waals surface area contributed by atoms with E-state index in [4.69, 9.17) is 10.7 Å². The number of nitrogens with one attached hydrogen (secondary N) is 1. The van der Waals surface area contributed by atoms with E-state index in [0.717, 1.165) is 5.56 Å². The third-order valence-electron chi connectivity index (χ3n) is 5.90. The van der Waals surface area contributed by atoms with Gasteiger partial charge in [0, 0.05) is 42.3 Å². The van der Waals surface area contributed by atoms with Crippen LogP contribution in [-0.4, -0.2) is 50.8 Å². The van der Waals surface area contributed by atoms with Crippen LogP contribution in [0, 0.1) is 0 Å². The van der Waals surface area contributed by atoms with Crippen LogP contribution in [-0.2, 0) is 4.79 Å². The molecule has 2 aromatic heterocycles. The summed E-state index contributed by atoms with van der Waals surface area (Å²) in [6.07, 6.45) is 6.77. The van der Waals surface area contributed by atoms with E-state index in [9.17, 15) is 9.59 Å². The average molecular weight is 468 g/mol. The fourth-order valence-corrected chi connectivity index (χ4v) is 4.16. The second kappa shape index (κ2) is 9.30. The van der Waals surface area contributed by atoms with Gasteiger partial charge in [0.2, 0.25) is 11.9 Å². The highest BCUT2D eigenvalue weighted by Crippen LogP contribution is 2.32. The number of aromatic nitrogens is 3. The van der Waals surface area contributed by atoms with Gasteiger partial charge in [-0.15, -0.1) is 0 Å². The van der Waals surface area contributed by atoms with Crippen molar-refractivity contribution in [3.8, 4) is 11.3 Å². The lowest BCUT2D eigenvalue weighted by atomic mass is 10.1. The number of nitrogens with zero attached hydrogens (tertiary/aromatic N) is 5. The molecule has 1 fully saturated rings. The van der Waals surface area contributed by atoms with E-state index in [1.165, 1.54) is 0 Å². The van der Waals surface area contributed by atoms with E-state index >= 15 is 0 Å². The average Bonchev–Trinajstić information content (AvgIpc) is 3.51. The fraction of sp³-hybridized carbons (Fsp3) is 0.154. The Kier molecular flexibility index (Phi) is 5.88. The summed E-state index contributed by atoms with van der Waals surface area (Å²) in [5.41, 5.74) is 9.75. The molecule has 2 amide bonds. The summed E-state index contributed by atoms with van der Waals surface area (Å²) in [4.78, 5) is 37.7. The summed E-state index contributed by atoms with van der Waals surface area (Å²) in [6.45, 7) is 3.54. The van der Waals surface area contributed by atoms with E-state index in [-0.39, 0.29) is 11.8 Å². The summed E-state index contributed by atoms with van der Waals surface area (Å²) >= 11 is 0. The van der Waals surface area contributed by atoms with Gasteiger partial charge in [0.05, 0.1) is 6.67 Å². The zero-order chi connectivity index (χ0) is 24.4. The Morgan fingerprint density at radius 3 is 2.57 bits per heavy atom. The van der Waals surface area contributed by atoms with E-state index in [1.807, 2.05) is 64.9 Å². The predicted molar refractivity (Wildman–Crippen MR) is 136 cm³/mol. The molecular formula is C26H25N7O2. The first-order valence-corrected chi connectivity index (χ1v) is 11.3. The molecule has 0 radical (unpaired) electrons. The van der Waals surface area contributed by atoms with E-state index in [1.54, 1.807) is 35.4 Å². The number of carbonyl (C=O) groups excluding carboxylic acids is 2. The zero-order valence-electron chi connectivity index (χ0n) is 19.3. The van der Waals surface area contributed by atoms with Gasteiger partial charge in [0.15, 0.2) is 0 Å². The molecule has 3 N–H and O–H groups in total. The lowest BCUT2D eigenvalue weighted by Crippen LogP contribution is -2.30. The topological polar surface area (TPSA) is 109 Å². The van der Waals surface area contributed by atoms with Crippen molar-refractivity contribution in [2.24, 2.45) is 0 Å². The molecule has 0 saturated carbocycles. The highest BCUT2D eigenvalue weighted by atomic mass is 16.2. The Morgan fingerprint density at radius 2 is 1.83 bits per heavy atom. The summed E-state index contributed by atoms with van der Waals surface area (Å²) in [7, 11) is 0. The molecule has 176 valence electrons. The molecule has 0 spiro atoms. The zero-order valence-corrected chi connectivity index (χ0v) is 19.3. The van der Waals surface area contributed by atoms with Gasteiger partial charge in [-0.05, 0) is 37.3 Å². The first-order chi connectivity index (χ1) is 17.0. The van der Waals surface area contributed by atoms with Crippen molar-refractivity contribution in [2.75, 3.05) is 35.7 Å². The first kappa shape index (κ1) is 22.1. The van der Waals surface area contributed by atoms with Gasteiger partial charge < -0.3 is 20.9 Å². The van der Waals surface area contributed by atoms with E-state index < -0.39 is 0 Å². The van der Waals surface area contributed by atoms with Crippen LogP contribution in [0.4, 0.5) is 17.5 Å². The fourth-order valence-electron chi connectivity index (χ4n) is 4.16. The Morgan fingerprint density at radius 1 is 1.06 bits per heavy atom. The largest absolute Gasteiger partial charge is 0.382 e. The van der Waals surface area contributed by atoms with Gasteiger partial charge in [-0.2, -0.15) is 0 Å². The highest BCUT2D eigenvalue weighted by Gasteiger charge is 2.27. The number of rotatable bonds is 5. The van der Waals surface area contributed by atoms with Crippen LogP contribution in [0.1, 0.15) is 17.3 Å². The second-order valence-corrected chi connectivity index (χ2v) is 8.20. The molecule has 5 rings (SSSR count). The Labute approximate surface area is 202 Å². The van der Waals surface area contributed by atoms with E-state index in [2.05, 4.69) is 10.3 Å². The third-order valence-corrected chi connectivity index (χ3v) is 5.90. The minimum Gasteiger partial charge on any atom is -0.382 e. The van der Waals surface area contributed by atoms with Crippen LogP contribution < -0.4 is 16.0 Å². The van der Waals surface area contributed by atoms with Crippen LogP contribution in [0.25, 0.3) is 16.8 Å². The lowest BCUT2D eigenvalue weighted by Gasteiger charge is -2.17. The third kappa shape index (κ3) is 4.31. The Bertz CT molecular complexity index is 1410. The number of anilines is 3. The number of carbonyl (C=O) groups is 2. The number of imidazole rings is 1. The molecule has 9 nitrogen and oxygen atoms in total. The van der Waals surface area contributed by atoms with Crippen molar-refractivity contribution in [1.29, 1.82) is 0 Å². The molecule has 9 heteroatoms. The molecule has 3 heterocycles. The molecule has 2 aromatic carbocycles. The molecule has 0 aliphatic carbocycles. The summed E-state index contributed by atoms with van der Waals surface area (Å²) < 4.78 is 1.91. The lowest BCUT2D eigenvalue weighted by molar-refractivity contribution is -0.124. The first-order valence-electron chi connectivity index (χ1n) is 11.3. The van der Waals surface area contributed by atoms with Gasteiger partial charge in [0.25, 0.3) is 5.91 Å². The van der Waals surface area contributed by atoms with Gasteiger partial charge in [0.1, 0.15) is 17.0 Å². The minimum absolute atomic E-state index is 0.0228. The molecule has 1 aliphatic rings. The second-order valence-electron chi connectivity index (χ2n) is 8.20. The number of nitrogens with two attached hydrogens (primary N) is 1. The maximum Gasteiger partial charge on any atom is 0.255 e. The molecule has 1 saturated heterocycles. The molecule has 1 aliphatic heterocycles. The van der Waals surface area contributed by atoms with Crippen LogP contribution in [0.2, 0.25) is 0 Å². The van der Waals surface area contributed by atoms with Crippen LogP contribution in [0.5, 0.6) is 0 Å². The summed E-state index contributed by atoms with van der Waals surface area (Å²) in [5.74, 6) is 0.864. The van der Waals surface area contributed by atoms with Crippen molar-refractivity contribution in [1.82, 2.24) is 19.3 Å². The van der Waals surface area contributed by atoms with Crippen molar-refractivity contribution in [3.05, 3.63) is 84.7 Å². The SMILES string of the molecule is C/C=C/C(=O)N1CCN(c2nc(-c3ccc(NC(=O)c4ccccc4)cc3)c3c(N)nccn23)C1. The monoisotopic (exact) mass is 467 g/mol. The number of allylic oxidation sites excluding steroid dienone is 1. The molecule has 4 aromatic rings. The molecular weight excluding hydrogens is 442 g/mol. The number of hydrogen-bond acceptors (Lipinski definition) is 6. The maximum atomic E-state index is 12.5. The minimum atomic E-state index is -0.174. The summed E-state index contributed by atoms with van der Waals surface area (Å²) in [6, 6.07) is 16.5. The van der Waals surface area contributed by atoms with Gasteiger partial charge in [-0.1, -0.05) is 36.4 Å². The Balaban J connectivity index is 1.44. The number of amides is 2. The van der Waals surface area contributed by atoms with Gasteiger partial charge in [-0.25, -0.2) is 9.97 Å². The number of hydrogen-bond donors (Lipinski definition) is 2. The number of fused-ring (bicyclic) bond motifs is 1. The smallest absolute Gasteiger partial charge is 0.255 e. The van der Waals surface area contributed by atoms with Crippen LogP contribution in [0.3, 0.4) is 0 Å². The van der Waals surface area contributed by atoms with Crippen LogP contribution >= 0.6 is 0 Å². The quantitative estimate of drug-likeness (QED) is 0.436. The highest BCUT2D eigenvalue weighted by molar-refractivity contribution is 6.04. The van der Waals surface area contributed by atoms with Crippen LogP contribution in [0.15, 0.2) is 79.1 Å². The van der Waals surface area contributed by atoms with Crippen molar-refractivity contribution < 1.29 is 9.59 Å². The van der Waals surface area contributed by atoms with Crippen molar-refractivity contribution in [3.63, 3.8) is 0 Å². The van der Waals surface area contributed by atoms with Crippen molar-refractivity contribution >= 4 is 34.8 Å². The molecule has 35 heavy (non-hydrogen) atoms. The number of benzene rings is 2. The maximum absolute atomic E-state index is 12.5. The molecule has 0 atom stereocenters. The standard InChI is InChI=1S/C26H25N7O2/c1-2-6-21(34)31-15-16-32(17-31)26-30-22(23-24(27)28-13-14-33(23)26)18-9-11-20(12-10-18)29-25(35)19-7-4-3-5-8-19/h2-14H,15-17H2,1H3,(H2,27,28)(H,29,35)/b6-2+. The predicted octanol–water partition coefficient (Wildman–Crippen LogP) is 3.41. The molecule has 0 bridgehead atoms. The normalized spacial score (nSPS) is 13.6. The van der Waals surface area contributed by atoms with Crippen molar-refractivity contribution in [2.45, 2.75) is 6.92 Å².